The van der Waals surface area contributed by atoms with Gasteiger partial charge in [0.15, 0.2) is 5.11 Å². The molecule has 0 aliphatic rings. The van der Waals surface area contributed by atoms with Gasteiger partial charge in [-0.1, -0.05) is 42.5 Å². The largest absolute Gasteiger partial charge is 0.497 e. The van der Waals surface area contributed by atoms with Gasteiger partial charge in [-0.25, -0.2) is 0 Å². The van der Waals surface area contributed by atoms with Crippen molar-refractivity contribution >= 4 is 17.3 Å². The molecular formula is C20H27N3OS. The third-order valence-electron chi connectivity index (χ3n) is 3.93. The number of thiocarbonyl (C=S) groups is 1. The van der Waals surface area contributed by atoms with Gasteiger partial charge in [-0.2, -0.15) is 0 Å². The van der Waals surface area contributed by atoms with Gasteiger partial charge in [-0.15, -0.1) is 0 Å². The van der Waals surface area contributed by atoms with Crippen LogP contribution in [0, 0.1) is 0 Å². The zero-order valence-corrected chi connectivity index (χ0v) is 16.0. The van der Waals surface area contributed by atoms with Crippen molar-refractivity contribution in [2.24, 2.45) is 0 Å². The number of nitrogens with zero attached hydrogens (tertiary/aromatic N) is 1. The molecule has 2 aromatic carbocycles. The van der Waals surface area contributed by atoms with Crippen molar-refractivity contribution in [3.05, 3.63) is 65.7 Å². The minimum absolute atomic E-state index is 0.000884. The van der Waals surface area contributed by atoms with E-state index in [1.54, 1.807) is 7.11 Å². The average molecular weight is 358 g/mol. The molecule has 0 aliphatic heterocycles. The van der Waals surface area contributed by atoms with Gasteiger partial charge < -0.3 is 20.3 Å². The first-order valence-electron chi connectivity index (χ1n) is 8.48. The van der Waals surface area contributed by atoms with Gasteiger partial charge in [0.1, 0.15) is 5.75 Å². The molecule has 0 saturated carbocycles. The molecule has 5 heteroatoms. The lowest BCUT2D eigenvalue weighted by atomic mass is 9.99. The first kappa shape index (κ1) is 19.2. The fourth-order valence-electron chi connectivity index (χ4n) is 2.58. The molecule has 0 aliphatic carbocycles. The van der Waals surface area contributed by atoms with Crippen LogP contribution in [0.15, 0.2) is 54.6 Å². The zero-order valence-electron chi connectivity index (χ0n) is 15.2. The van der Waals surface area contributed by atoms with E-state index in [1.165, 1.54) is 5.56 Å². The van der Waals surface area contributed by atoms with Gasteiger partial charge in [0.2, 0.25) is 0 Å². The zero-order chi connectivity index (χ0) is 18.1. The summed E-state index contributed by atoms with van der Waals surface area (Å²) >= 11 is 5.50. The summed E-state index contributed by atoms with van der Waals surface area (Å²) in [5, 5.41) is 7.41. The Labute approximate surface area is 156 Å². The van der Waals surface area contributed by atoms with Gasteiger partial charge in [-0.05, 0) is 62.5 Å². The van der Waals surface area contributed by atoms with E-state index in [4.69, 9.17) is 17.0 Å². The summed E-state index contributed by atoms with van der Waals surface area (Å²) in [6.45, 7) is 1.89. The van der Waals surface area contributed by atoms with Crippen LogP contribution in [0.3, 0.4) is 0 Å². The van der Waals surface area contributed by atoms with Crippen LogP contribution in [0.5, 0.6) is 5.75 Å². The molecule has 0 aromatic heterocycles. The minimum atomic E-state index is 0.000884. The van der Waals surface area contributed by atoms with Gasteiger partial charge in [0.25, 0.3) is 0 Å². The van der Waals surface area contributed by atoms with Gasteiger partial charge in [-0.3, -0.25) is 0 Å². The van der Waals surface area contributed by atoms with E-state index in [9.17, 15) is 0 Å². The van der Waals surface area contributed by atoms with Crippen LogP contribution in [-0.4, -0.2) is 44.3 Å². The monoisotopic (exact) mass is 357 g/mol. The number of hydrogen-bond acceptors (Lipinski definition) is 3. The van der Waals surface area contributed by atoms with Crippen LogP contribution in [0.25, 0.3) is 0 Å². The van der Waals surface area contributed by atoms with Crippen LogP contribution in [0.1, 0.15) is 23.6 Å². The van der Waals surface area contributed by atoms with E-state index in [1.807, 2.05) is 30.3 Å². The molecule has 0 amide bonds. The van der Waals surface area contributed by atoms with Crippen molar-refractivity contribution in [2.75, 3.05) is 34.3 Å². The molecule has 4 nitrogen and oxygen atoms in total. The smallest absolute Gasteiger partial charge is 0.167 e. The quantitative estimate of drug-likeness (QED) is 0.560. The predicted molar refractivity (Wildman–Crippen MR) is 108 cm³/mol. The van der Waals surface area contributed by atoms with Crippen LogP contribution < -0.4 is 15.4 Å². The molecule has 0 heterocycles. The minimum Gasteiger partial charge on any atom is -0.497 e. The summed E-state index contributed by atoms with van der Waals surface area (Å²) in [6.07, 6.45) is 1.05. The Kier molecular flexibility index (Phi) is 7.70. The maximum atomic E-state index is 5.50. The molecule has 0 fully saturated rings. The van der Waals surface area contributed by atoms with Crippen LogP contribution in [0.2, 0.25) is 0 Å². The van der Waals surface area contributed by atoms with Crippen molar-refractivity contribution in [3.8, 4) is 5.75 Å². The molecule has 0 saturated heterocycles. The molecule has 0 bridgehead atoms. The van der Waals surface area contributed by atoms with Gasteiger partial charge in [0.05, 0.1) is 13.2 Å². The number of rotatable bonds is 8. The third-order valence-corrected chi connectivity index (χ3v) is 4.19. The Balaban J connectivity index is 2.06. The molecule has 0 spiro atoms. The van der Waals surface area contributed by atoms with E-state index in [0.717, 1.165) is 30.8 Å². The molecule has 2 rings (SSSR count). The lowest BCUT2D eigenvalue weighted by molar-refractivity contribution is 0.400. The highest BCUT2D eigenvalue weighted by Gasteiger charge is 2.15. The first-order chi connectivity index (χ1) is 12.1. The highest BCUT2D eigenvalue weighted by Crippen LogP contribution is 2.24. The Bertz CT molecular complexity index is 644. The Hall–Kier alpha value is -2.11. The Morgan fingerprint density at radius 1 is 1.04 bits per heavy atom. The third kappa shape index (κ3) is 6.36. The second-order valence-corrected chi connectivity index (χ2v) is 6.58. The van der Waals surface area contributed by atoms with Crippen molar-refractivity contribution in [1.82, 2.24) is 15.5 Å². The SMILES string of the molecule is COc1ccc([C@H](NC(=S)NCCCN(C)C)c2ccccc2)cc1. The van der Waals surface area contributed by atoms with Crippen LogP contribution in [-0.2, 0) is 0 Å². The molecular weight excluding hydrogens is 330 g/mol. The fourth-order valence-corrected chi connectivity index (χ4v) is 2.80. The van der Waals surface area contributed by atoms with Crippen molar-refractivity contribution in [1.29, 1.82) is 0 Å². The van der Waals surface area contributed by atoms with Crippen molar-refractivity contribution < 1.29 is 4.74 Å². The Morgan fingerprint density at radius 3 is 2.28 bits per heavy atom. The molecule has 0 radical (unpaired) electrons. The molecule has 1 atom stereocenters. The van der Waals surface area contributed by atoms with Crippen LogP contribution in [0.4, 0.5) is 0 Å². The fraction of sp³-hybridized carbons (Fsp3) is 0.350. The summed E-state index contributed by atoms with van der Waals surface area (Å²) in [5.74, 6) is 0.847. The molecule has 25 heavy (non-hydrogen) atoms. The summed E-state index contributed by atoms with van der Waals surface area (Å²) in [4.78, 5) is 2.17. The number of ether oxygens (including phenoxy) is 1. The second-order valence-electron chi connectivity index (χ2n) is 6.17. The number of hydrogen-bond donors (Lipinski definition) is 2. The summed E-state index contributed by atoms with van der Waals surface area (Å²) in [7, 11) is 5.83. The standard InChI is InChI=1S/C20H27N3OS/c1-23(2)15-7-14-21-20(25)22-19(16-8-5-4-6-9-16)17-10-12-18(24-3)13-11-17/h4-6,8-13,19H,7,14-15H2,1-3H3,(H2,21,22,25)/t19-/m1/s1. The van der Waals surface area contributed by atoms with E-state index >= 15 is 0 Å². The highest BCUT2D eigenvalue weighted by molar-refractivity contribution is 7.80. The maximum Gasteiger partial charge on any atom is 0.167 e. The maximum absolute atomic E-state index is 5.50. The van der Waals surface area contributed by atoms with Gasteiger partial charge >= 0.3 is 0 Å². The topological polar surface area (TPSA) is 36.5 Å². The van der Waals surface area contributed by atoms with E-state index in [2.05, 4.69) is 53.9 Å². The summed E-state index contributed by atoms with van der Waals surface area (Å²) in [6, 6.07) is 18.4. The number of methoxy groups -OCH3 is 1. The van der Waals surface area contributed by atoms with E-state index in [-0.39, 0.29) is 6.04 Å². The van der Waals surface area contributed by atoms with Crippen molar-refractivity contribution in [2.45, 2.75) is 12.5 Å². The summed E-state index contributed by atoms with van der Waals surface area (Å²) in [5.41, 5.74) is 2.31. The molecule has 2 aromatic rings. The Morgan fingerprint density at radius 2 is 1.68 bits per heavy atom. The summed E-state index contributed by atoms with van der Waals surface area (Å²) < 4.78 is 5.26. The second kappa shape index (κ2) is 10.0. The lowest BCUT2D eigenvalue weighted by Gasteiger charge is -2.22. The number of benzene rings is 2. The average Bonchev–Trinajstić information content (AvgIpc) is 2.64. The predicted octanol–water partition coefficient (Wildman–Crippen LogP) is 3.20. The van der Waals surface area contributed by atoms with Crippen molar-refractivity contribution in [3.63, 3.8) is 0 Å². The highest BCUT2D eigenvalue weighted by atomic mass is 32.1. The lowest BCUT2D eigenvalue weighted by Crippen LogP contribution is -2.39. The normalized spacial score (nSPS) is 11.8. The molecule has 2 N–H and O–H groups in total. The molecule has 134 valence electrons. The van der Waals surface area contributed by atoms with Crippen LogP contribution >= 0.6 is 12.2 Å². The van der Waals surface area contributed by atoms with Gasteiger partial charge in [0, 0.05) is 6.54 Å². The first-order valence-corrected chi connectivity index (χ1v) is 8.89. The van der Waals surface area contributed by atoms with E-state index < -0.39 is 0 Å². The van der Waals surface area contributed by atoms with E-state index in [0.29, 0.717) is 5.11 Å². The molecule has 0 unspecified atom stereocenters. The number of nitrogens with one attached hydrogen (secondary N) is 2.